The molecule has 1 saturated heterocycles. The smallest absolute Gasteiger partial charge is 0.248 e. The average Bonchev–Trinajstić information content (AvgIpc) is 3.01. The van der Waals surface area contributed by atoms with Crippen LogP contribution in [0.2, 0.25) is 0 Å². The fourth-order valence-corrected chi connectivity index (χ4v) is 3.77. The number of amides is 2. The summed E-state index contributed by atoms with van der Waals surface area (Å²) in [7, 11) is 0. The number of thiazole rings is 1. The Bertz CT molecular complexity index is 534. The van der Waals surface area contributed by atoms with Crippen molar-refractivity contribution in [1.29, 1.82) is 0 Å². The molecule has 5 nitrogen and oxygen atoms in total. The number of nitrogens with one attached hydrogen (secondary N) is 1. The highest BCUT2D eigenvalue weighted by Gasteiger charge is 2.46. The standard InChI is InChI=1S/C14H19N3O2S/c1-10-15-11(9-20-10)8-17-7-4-12(18)16-14(13(17)19)5-2-3-6-14/h9H,2-8H2,1H3,(H,16,18). The second-order valence-electron chi connectivity index (χ2n) is 5.67. The lowest BCUT2D eigenvalue weighted by atomic mass is 9.96. The van der Waals surface area contributed by atoms with Crippen LogP contribution in [0.4, 0.5) is 0 Å². The van der Waals surface area contributed by atoms with Crippen molar-refractivity contribution in [2.75, 3.05) is 6.54 Å². The molecular formula is C14H19N3O2S. The molecule has 2 heterocycles. The molecule has 2 aliphatic rings. The predicted octanol–water partition coefficient (Wildman–Crippen LogP) is 1.61. The van der Waals surface area contributed by atoms with Crippen molar-refractivity contribution in [1.82, 2.24) is 15.2 Å². The Balaban J connectivity index is 1.82. The van der Waals surface area contributed by atoms with Gasteiger partial charge in [0.05, 0.1) is 17.2 Å². The molecular weight excluding hydrogens is 274 g/mol. The van der Waals surface area contributed by atoms with Crippen molar-refractivity contribution in [3.8, 4) is 0 Å². The summed E-state index contributed by atoms with van der Waals surface area (Å²) in [4.78, 5) is 30.9. The van der Waals surface area contributed by atoms with Crippen LogP contribution in [0.3, 0.4) is 0 Å². The number of hydrogen-bond donors (Lipinski definition) is 1. The molecule has 1 N–H and O–H groups in total. The van der Waals surface area contributed by atoms with E-state index in [2.05, 4.69) is 10.3 Å². The van der Waals surface area contributed by atoms with Crippen molar-refractivity contribution in [2.24, 2.45) is 0 Å². The molecule has 1 saturated carbocycles. The van der Waals surface area contributed by atoms with Crippen LogP contribution in [0.1, 0.15) is 42.8 Å². The van der Waals surface area contributed by atoms with E-state index in [1.54, 1.807) is 16.2 Å². The maximum absolute atomic E-state index is 12.8. The Labute approximate surface area is 122 Å². The molecule has 2 fully saturated rings. The monoisotopic (exact) mass is 293 g/mol. The molecule has 1 aromatic rings. The SMILES string of the molecule is Cc1nc(CN2CCC(=O)NC3(CCCC3)C2=O)cs1. The van der Waals surface area contributed by atoms with E-state index in [4.69, 9.17) is 0 Å². The first-order valence-electron chi connectivity index (χ1n) is 7.10. The van der Waals surface area contributed by atoms with Gasteiger partial charge in [-0.3, -0.25) is 9.59 Å². The van der Waals surface area contributed by atoms with Gasteiger partial charge in [-0.15, -0.1) is 11.3 Å². The normalized spacial score (nSPS) is 22.1. The minimum Gasteiger partial charge on any atom is -0.342 e. The zero-order chi connectivity index (χ0) is 14.2. The number of carbonyl (C=O) groups is 2. The zero-order valence-corrected chi connectivity index (χ0v) is 12.5. The van der Waals surface area contributed by atoms with Crippen LogP contribution < -0.4 is 5.32 Å². The number of carbonyl (C=O) groups excluding carboxylic acids is 2. The van der Waals surface area contributed by atoms with Crippen molar-refractivity contribution in [2.45, 2.75) is 51.1 Å². The lowest BCUT2D eigenvalue weighted by molar-refractivity contribution is -0.139. The summed E-state index contributed by atoms with van der Waals surface area (Å²) >= 11 is 1.59. The molecule has 0 unspecified atom stereocenters. The predicted molar refractivity (Wildman–Crippen MR) is 76.2 cm³/mol. The molecule has 108 valence electrons. The summed E-state index contributed by atoms with van der Waals surface area (Å²) in [6.45, 7) is 2.96. The van der Waals surface area contributed by atoms with Gasteiger partial charge in [-0.2, -0.15) is 0 Å². The number of aromatic nitrogens is 1. The Morgan fingerprint density at radius 2 is 2.15 bits per heavy atom. The van der Waals surface area contributed by atoms with Gasteiger partial charge in [0.2, 0.25) is 11.8 Å². The molecule has 1 aliphatic heterocycles. The van der Waals surface area contributed by atoms with Crippen LogP contribution in [0.25, 0.3) is 0 Å². The number of rotatable bonds is 2. The summed E-state index contributed by atoms with van der Waals surface area (Å²) in [5.41, 5.74) is 0.280. The van der Waals surface area contributed by atoms with Gasteiger partial charge in [0, 0.05) is 18.3 Å². The fraction of sp³-hybridized carbons (Fsp3) is 0.643. The van der Waals surface area contributed by atoms with E-state index >= 15 is 0 Å². The van der Waals surface area contributed by atoms with Crippen LogP contribution in [0.5, 0.6) is 0 Å². The number of nitrogens with zero attached hydrogens (tertiary/aromatic N) is 2. The molecule has 0 atom stereocenters. The lowest BCUT2D eigenvalue weighted by Gasteiger charge is -2.31. The van der Waals surface area contributed by atoms with Crippen LogP contribution in [0.15, 0.2) is 5.38 Å². The molecule has 6 heteroatoms. The van der Waals surface area contributed by atoms with E-state index in [0.717, 1.165) is 36.4 Å². The van der Waals surface area contributed by atoms with Gasteiger partial charge in [-0.25, -0.2) is 4.98 Å². The summed E-state index contributed by atoms with van der Waals surface area (Å²) in [6.07, 6.45) is 3.94. The first kappa shape index (κ1) is 13.5. The summed E-state index contributed by atoms with van der Waals surface area (Å²) < 4.78 is 0. The van der Waals surface area contributed by atoms with Crippen molar-refractivity contribution in [3.05, 3.63) is 16.1 Å². The van der Waals surface area contributed by atoms with E-state index in [9.17, 15) is 9.59 Å². The van der Waals surface area contributed by atoms with E-state index in [0.29, 0.717) is 19.5 Å². The molecule has 2 amide bonds. The van der Waals surface area contributed by atoms with E-state index in [1.807, 2.05) is 12.3 Å². The highest BCUT2D eigenvalue weighted by Crippen LogP contribution is 2.33. The Morgan fingerprint density at radius 3 is 2.80 bits per heavy atom. The minimum absolute atomic E-state index is 0.00258. The van der Waals surface area contributed by atoms with Crippen LogP contribution in [-0.4, -0.2) is 33.8 Å². The highest BCUT2D eigenvalue weighted by atomic mass is 32.1. The van der Waals surface area contributed by atoms with Gasteiger partial charge >= 0.3 is 0 Å². The molecule has 20 heavy (non-hydrogen) atoms. The van der Waals surface area contributed by atoms with Gasteiger partial charge < -0.3 is 10.2 Å². The topological polar surface area (TPSA) is 62.3 Å². The molecule has 1 spiro atoms. The van der Waals surface area contributed by atoms with Gasteiger partial charge in [0.25, 0.3) is 0 Å². The Kier molecular flexibility index (Phi) is 3.50. The van der Waals surface area contributed by atoms with Gasteiger partial charge in [0.15, 0.2) is 0 Å². The third kappa shape index (κ3) is 2.44. The number of aryl methyl sites for hydroxylation is 1. The minimum atomic E-state index is -0.640. The summed E-state index contributed by atoms with van der Waals surface area (Å²) in [6, 6.07) is 0. The molecule has 0 bridgehead atoms. The first-order chi connectivity index (χ1) is 9.59. The highest BCUT2D eigenvalue weighted by molar-refractivity contribution is 7.09. The third-order valence-corrected chi connectivity index (χ3v) is 4.98. The molecule has 1 aliphatic carbocycles. The summed E-state index contributed by atoms with van der Waals surface area (Å²) in [5.74, 6) is 0.0729. The maximum atomic E-state index is 12.8. The maximum Gasteiger partial charge on any atom is 0.248 e. The molecule has 0 aromatic carbocycles. The molecule has 3 rings (SSSR count). The van der Waals surface area contributed by atoms with Crippen molar-refractivity contribution in [3.63, 3.8) is 0 Å². The molecule has 0 radical (unpaired) electrons. The second kappa shape index (κ2) is 5.16. The van der Waals surface area contributed by atoms with Gasteiger partial charge in [-0.05, 0) is 19.8 Å². The van der Waals surface area contributed by atoms with Crippen LogP contribution in [0, 0.1) is 6.92 Å². The Morgan fingerprint density at radius 1 is 1.40 bits per heavy atom. The quantitative estimate of drug-likeness (QED) is 0.901. The molecule has 1 aromatic heterocycles. The van der Waals surface area contributed by atoms with Crippen molar-refractivity contribution >= 4 is 23.2 Å². The Hall–Kier alpha value is -1.43. The second-order valence-corrected chi connectivity index (χ2v) is 6.73. The summed E-state index contributed by atoms with van der Waals surface area (Å²) in [5, 5.41) is 5.97. The average molecular weight is 293 g/mol. The zero-order valence-electron chi connectivity index (χ0n) is 11.6. The first-order valence-corrected chi connectivity index (χ1v) is 7.98. The largest absolute Gasteiger partial charge is 0.342 e. The van der Waals surface area contributed by atoms with E-state index < -0.39 is 5.54 Å². The lowest BCUT2D eigenvalue weighted by Crippen LogP contribution is -2.55. The van der Waals surface area contributed by atoms with Crippen molar-refractivity contribution < 1.29 is 9.59 Å². The number of hydrogen-bond acceptors (Lipinski definition) is 4. The third-order valence-electron chi connectivity index (χ3n) is 4.16. The van der Waals surface area contributed by atoms with Crippen LogP contribution in [-0.2, 0) is 16.1 Å². The fourth-order valence-electron chi connectivity index (χ4n) is 3.17. The van der Waals surface area contributed by atoms with E-state index in [-0.39, 0.29) is 11.8 Å². The van der Waals surface area contributed by atoms with Gasteiger partial charge in [-0.1, -0.05) is 12.8 Å². The van der Waals surface area contributed by atoms with E-state index in [1.165, 1.54) is 0 Å². The van der Waals surface area contributed by atoms with Gasteiger partial charge in [0.1, 0.15) is 5.54 Å². The van der Waals surface area contributed by atoms with Crippen LogP contribution >= 0.6 is 11.3 Å².